The Balaban J connectivity index is 1.14. The minimum atomic E-state index is -1.56. The molecule has 0 amide bonds. The third-order valence-corrected chi connectivity index (χ3v) is 13.3. The molecule has 2 aromatic carbocycles. The number of carbonyl (C=O) groups excluding carboxylic acids is 2. The quantitative estimate of drug-likeness (QED) is 0.249. The maximum Gasteiger partial charge on any atom is 0.323 e. The predicted molar refractivity (Wildman–Crippen MR) is 198 cm³/mol. The molecule has 2 aromatic rings. The van der Waals surface area contributed by atoms with E-state index in [2.05, 4.69) is 60.5 Å². The molecule has 3 aliphatic heterocycles. The van der Waals surface area contributed by atoms with Gasteiger partial charge in [0.25, 0.3) is 0 Å². The fraction of sp³-hybridized carbons (Fsp3) is 0.610. The van der Waals surface area contributed by atoms with Gasteiger partial charge in [0, 0.05) is 50.4 Å². The first-order valence-corrected chi connectivity index (χ1v) is 19.3. The number of hydrogen-bond acceptors (Lipinski definition) is 10. The average Bonchev–Trinajstić information content (AvgIpc) is 3.45. The summed E-state index contributed by atoms with van der Waals surface area (Å²) in [5.41, 5.74) is 0.226. The maximum atomic E-state index is 14.2. The molecule has 2 aliphatic carbocycles. The monoisotopic (exact) mass is 735 g/mol. The Bertz CT molecular complexity index is 1710. The molecule has 7 rings (SSSR count). The zero-order valence-corrected chi connectivity index (χ0v) is 31.9. The molecule has 11 atom stereocenters. The van der Waals surface area contributed by atoms with Gasteiger partial charge in [-0.15, -0.1) is 0 Å². The summed E-state index contributed by atoms with van der Waals surface area (Å²) < 4.78 is 12.2. The number of likely N-dealkylation sites (tertiary alicyclic amines) is 1. The first-order chi connectivity index (χ1) is 24.7. The van der Waals surface area contributed by atoms with E-state index in [1.54, 1.807) is 25.2 Å². The van der Waals surface area contributed by atoms with E-state index in [4.69, 9.17) is 25.9 Å². The zero-order chi connectivity index (χ0) is 37.2. The fourth-order valence-corrected chi connectivity index (χ4v) is 10.6. The number of aliphatic hydroxyl groups is 2. The van der Waals surface area contributed by atoms with Crippen LogP contribution in [0.5, 0.6) is 0 Å². The largest absolute Gasteiger partial charge is 0.454 e. The number of ether oxygens (including phenoxy) is 2. The number of nitrogens with zero attached hydrogens (tertiary/aromatic N) is 2. The number of halogens is 1. The summed E-state index contributed by atoms with van der Waals surface area (Å²) in [6.07, 6.45) is 2.93. The maximum absolute atomic E-state index is 14.2. The lowest BCUT2D eigenvalue weighted by Crippen LogP contribution is -2.66. The van der Waals surface area contributed by atoms with Crippen molar-refractivity contribution in [3.63, 3.8) is 0 Å². The number of rotatable bonds is 7. The first kappa shape index (κ1) is 37.3. The highest BCUT2D eigenvalue weighted by Crippen LogP contribution is 2.53. The number of benzene rings is 2. The van der Waals surface area contributed by atoms with Gasteiger partial charge in [0.15, 0.2) is 18.4 Å². The highest BCUT2D eigenvalue weighted by atomic mass is 35.5. The van der Waals surface area contributed by atoms with Crippen LogP contribution in [0.3, 0.4) is 0 Å². The van der Waals surface area contributed by atoms with Gasteiger partial charge in [-0.2, -0.15) is 0 Å². The number of fused-ring (bicyclic) bond motifs is 4. The predicted octanol–water partition coefficient (Wildman–Crippen LogP) is 5.48. The number of carbonyl (C=O) groups is 2. The van der Waals surface area contributed by atoms with Crippen LogP contribution in [0.25, 0.3) is 0 Å². The van der Waals surface area contributed by atoms with E-state index in [1.807, 2.05) is 13.8 Å². The number of anilines is 1. The third kappa shape index (κ3) is 6.37. The van der Waals surface area contributed by atoms with E-state index in [-0.39, 0.29) is 35.5 Å². The van der Waals surface area contributed by atoms with Crippen LogP contribution in [-0.2, 0) is 34.9 Å². The molecular weight excluding hydrogens is 682 g/mol. The topological polar surface area (TPSA) is 121 Å². The van der Waals surface area contributed by atoms with Crippen LogP contribution in [0.1, 0.15) is 77.8 Å². The molecule has 10 nitrogen and oxygen atoms in total. The molecule has 2 saturated heterocycles. The summed E-state index contributed by atoms with van der Waals surface area (Å²) in [5.74, 6) is -1.40. The van der Waals surface area contributed by atoms with Gasteiger partial charge in [-0.3, -0.25) is 24.8 Å². The highest BCUT2D eigenvalue weighted by molar-refractivity contribution is 6.33. The van der Waals surface area contributed by atoms with Crippen molar-refractivity contribution in [2.24, 2.45) is 23.7 Å². The molecule has 0 radical (unpaired) electrons. The van der Waals surface area contributed by atoms with Gasteiger partial charge in [0.05, 0.1) is 10.7 Å². The Labute approximate surface area is 312 Å². The van der Waals surface area contributed by atoms with Crippen molar-refractivity contribution in [1.29, 1.82) is 0 Å². The van der Waals surface area contributed by atoms with E-state index >= 15 is 0 Å². The molecule has 1 saturated carbocycles. The van der Waals surface area contributed by atoms with E-state index in [0.717, 1.165) is 50.9 Å². The lowest BCUT2D eigenvalue weighted by atomic mass is 9.55. The van der Waals surface area contributed by atoms with Crippen molar-refractivity contribution in [2.45, 2.75) is 108 Å². The van der Waals surface area contributed by atoms with Crippen molar-refractivity contribution < 1.29 is 34.1 Å². The van der Waals surface area contributed by atoms with E-state index in [1.165, 1.54) is 17.6 Å². The fourth-order valence-electron chi connectivity index (χ4n) is 10.3. The molecule has 11 heteroatoms. The average molecular weight is 736 g/mol. The molecular formula is C41H54ClN3O7. The molecule has 2 unspecified atom stereocenters. The van der Waals surface area contributed by atoms with Crippen LogP contribution in [0.15, 0.2) is 60.2 Å². The second-order valence-electron chi connectivity index (χ2n) is 16.6. The third-order valence-electron chi connectivity index (χ3n) is 13.0. The molecule has 282 valence electrons. The molecule has 52 heavy (non-hydrogen) atoms. The molecule has 3 heterocycles. The van der Waals surface area contributed by atoms with Gasteiger partial charge < -0.3 is 24.6 Å². The van der Waals surface area contributed by atoms with Crippen LogP contribution in [0.2, 0.25) is 5.02 Å². The van der Waals surface area contributed by atoms with Crippen molar-refractivity contribution in [3.05, 3.63) is 76.3 Å². The van der Waals surface area contributed by atoms with Crippen LogP contribution in [0, 0.1) is 23.7 Å². The second kappa shape index (κ2) is 14.0. The van der Waals surface area contributed by atoms with Gasteiger partial charge in [0.1, 0.15) is 17.2 Å². The van der Waals surface area contributed by atoms with Gasteiger partial charge in [-0.1, -0.05) is 80.9 Å². The molecule has 0 spiro atoms. The van der Waals surface area contributed by atoms with Crippen LogP contribution in [-0.4, -0.2) is 83.8 Å². The van der Waals surface area contributed by atoms with Crippen molar-refractivity contribution >= 4 is 29.2 Å². The number of piperidine rings is 1. The molecule has 3 N–H and O–H groups in total. The Kier molecular flexibility index (Phi) is 10.1. The van der Waals surface area contributed by atoms with Crippen molar-refractivity contribution in [1.82, 2.24) is 10.2 Å². The number of esters is 2. The van der Waals surface area contributed by atoms with Gasteiger partial charge in [-0.25, -0.2) is 0 Å². The summed E-state index contributed by atoms with van der Waals surface area (Å²) in [7, 11) is 1.70. The van der Waals surface area contributed by atoms with E-state index in [0.29, 0.717) is 16.3 Å². The summed E-state index contributed by atoms with van der Waals surface area (Å²) in [4.78, 5) is 35.3. The Morgan fingerprint density at radius 3 is 2.60 bits per heavy atom. The molecule has 0 aromatic heterocycles. The summed E-state index contributed by atoms with van der Waals surface area (Å²) >= 11 is 6.49. The molecule has 0 bridgehead atoms. The molecule has 3 fully saturated rings. The van der Waals surface area contributed by atoms with Crippen LogP contribution in [0.4, 0.5) is 5.69 Å². The Morgan fingerprint density at radius 1 is 1.12 bits per heavy atom. The summed E-state index contributed by atoms with van der Waals surface area (Å²) in [6.45, 7) is 12.8. The normalized spacial score (nSPS) is 38.0. The minimum Gasteiger partial charge on any atom is -0.454 e. The second-order valence-corrected chi connectivity index (χ2v) is 17.0. The van der Waals surface area contributed by atoms with Gasteiger partial charge in [0.2, 0.25) is 0 Å². The smallest absolute Gasteiger partial charge is 0.323 e. The minimum absolute atomic E-state index is 0.0355. The van der Waals surface area contributed by atoms with Crippen LogP contribution >= 0.6 is 11.6 Å². The van der Waals surface area contributed by atoms with Crippen molar-refractivity contribution in [3.8, 4) is 0 Å². The van der Waals surface area contributed by atoms with Crippen molar-refractivity contribution in [2.75, 3.05) is 31.7 Å². The van der Waals surface area contributed by atoms with Crippen LogP contribution < -0.4 is 10.4 Å². The van der Waals surface area contributed by atoms with Gasteiger partial charge in [-0.05, 0) is 74.1 Å². The SMILES string of the molecule is CC(=O)O[C@@H]1C(C)=C[C@@H]2[C@H](C(C)CN3CCCC(C)(c4ccccc4)C3)CC[C@@H](C)[C@]2(O)[C@H]1OC(=O)[C@@H]1C[C@@]2(O)c3cccc(Cl)c3N(C)O[C@H]2N1. The first-order valence-electron chi connectivity index (χ1n) is 18.9. The lowest BCUT2D eigenvalue weighted by Gasteiger charge is -2.56. The standard InChI is InChI=1S/C41H54ClN3O7/c1-24-20-31-29(25(2)22-45-19-11-18-39(5,23-45)28-12-8-7-9-13-28)17-16-26(3)41(31,49)36(35(24)50-27(4)46)51-37(47)33-21-40(48)30-14-10-15-32(42)34(30)44(6)52-38(40)43-33/h7-10,12-15,20,25-26,29,31,33,35-36,38,43,48-49H,11,16-19,21-23H2,1-6H3/t25?,26-,29+,31-,33+,35-,36+,38-,39?,40-,41-/m1/s1. The Morgan fingerprint density at radius 2 is 1.87 bits per heavy atom. The van der Waals surface area contributed by atoms with E-state index < -0.39 is 47.6 Å². The number of nitrogens with one attached hydrogen (secondary N) is 1. The number of para-hydroxylation sites is 1. The number of hydrogen-bond donors (Lipinski definition) is 3. The zero-order valence-electron chi connectivity index (χ0n) is 31.2. The summed E-state index contributed by atoms with van der Waals surface area (Å²) in [6, 6.07) is 15.1. The van der Waals surface area contributed by atoms with Gasteiger partial charge >= 0.3 is 11.9 Å². The highest BCUT2D eigenvalue weighted by Gasteiger charge is 2.62. The summed E-state index contributed by atoms with van der Waals surface area (Å²) in [5, 5.41) is 30.0. The molecule has 5 aliphatic rings. The number of hydroxylamine groups is 1. The van der Waals surface area contributed by atoms with E-state index in [9.17, 15) is 19.8 Å². The Hall–Kier alpha value is -2.99. The lowest BCUT2D eigenvalue weighted by molar-refractivity contribution is -0.225.